The molecule has 0 bridgehead atoms. The molecule has 0 aromatic carbocycles. The fraction of sp³-hybridized carbons (Fsp3) is 0.435. The van der Waals surface area contributed by atoms with Crippen LogP contribution in [0.5, 0.6) is 0 Å². The summed E-state index contributed by atoms with van der Waals surface area (Å²) in [4.78, 5) is 14.6. The van der Waals surface area contributed by atoms with E-state index in [1.807, 2.05) is 6.07 Å². The molecule has 3 aromatic heterocycles. The minimum absolute atomic E-state index is 0.251. The zero-order chi connectivity index (χ0) is 22.3. The van der Waals surface area contributed by atoms with Gasteiger partial charge in [0.2, 0.25) is 0 Å². The molecule has 0 unspecified atom stereocenters. The lowest BCUT2D eigenvalue weighted by Crippen LogP contribution is -2.00. The van der Waals surface area contributed by atoms with Gasteiger partial charge in [0.15, 0.2) is 11.0 Å². The Labute approximate surface area is 191 Å². The highest BCUT2D eigenvalue weighted by Gasteiger charge is 2.30. The molecular weight excluding hydrogens is 426 g/mol. The van der Waals surface area contributed by atoms with Crippen molar-refractivity contribution >= 4 is 17.6 Å². The van der Waals surface area contributed by atoms with Crippen molar-refractivity contribution in [2.75, 3.05) is 0 Å². The van der Waals surface area contributed by atoms with Gasteiger partial charge < -0.3 is 4.42 Å². The monoisotopic (exact) mass is 451 g/mol. The number of nitrogens with zero attached hydrogens (tertiary/aromatic N) is 5. The van der Waals surface area contributed by atoms with Gasteiger partial charge in [0.1, 0.15) is 10.7 Å². The molecule has 1 aliphatic rings. The van der Waals surface area contributed by atoms with E-state index in [9.17, 15) is 10.1 Å². The summed E-state index contributed by atoms with van der Waals surface area (Å²) in [5, 5.41) is 20.4. The normalized spacial score (nSPS) is 13.0. The number of furan rings is 1. The fourth-order valence-corrected chi connectivity index (χ4v) is 4.25. The zero-order valence-electron chi connectivity index (χ0n) is 18.0. The molecule has 1 aliphatic carbocycles. The quantitative estimate of drug-likeness (QED) is 0.126. The zero-order valence-corrected chi connectivity index (χ0v) is 18.8. The summed E-state index contributed by atoms with van der Waals surface area (Å²) in [5.74, 6) is 7.97. The van der Waals surface area contributed by atoms with Crippen molar-refractivity contribution in [2.45, 2.75) is 68.8 Å². The van der Waals surface area contributed by atoms with Gasteiger partial charge in [-0.3, -0.25) is 19.7 Å². The average molecular weight is 452 g/mol. The molecule has 0 saturated heterocycles. The van der Waals surface area contributed by atoms with Crippen LogP contribution in [0.2, 0.25) is 0 Å². The summed E-state index contributed by atoms with van der Waals surface area (Å²) < 4.78 is 7.40. The highest BCUT2D eigenvalue weighted by Crippen LogP contribution is 2.41. The van der Waals surface area contributed by atoms with Crippen LogP contribution in [0, 0.1) is 22.0 Å². The molecule has 0 amide bonds. The molecule has 1 saturated carbocycles. The molecule has 0 atom stereocenters. The minimum Gasteiger partial charge on any atom is -0.405 e. The first kappa shape index (κ1) is 22.1. The van der Waals surface area contributed by atoms with Gasteiger partial charge in [0.25, 0.3) is 0 Å². The third kappa shape index (κ3) is 5.56. The van der Waals surface area contributed by atoms with E-state index < -0.39 is 4.92 Å². The van der Waals surface area contributed by atoms with Crippen LogP contribution in [0.1, 0.15) is 69.2 Å². The van der Waals surface area contributed by atoms with E-state index in [-0.39, 0.29) is 5.88 Å². The number of rotatable bonds is 10. The van der Waals surface area contributed by atoms with E-state index in [1.165, 1.54) is 37.1 Å². The van der Waals surface area contributed by atoms with Crippen molar-refractivity contribution in [2.24, 2.45) is 0 Å². The largest absolute Gasteiger partial charge is 0.433 e. The van der Waals surface area contributed by atoms with Gasteiger partial charge in [-0.25, -0.2) is 0 Å². The Kier molecular flexibility index (Phi) is 7.22. The maximum Gasteiger partial charge on any atom is 0.433 e. The molecular formula is C23H25N5O3S. The van der Waals surface area contributed by atoms with Crippen molar-refractivity contribution in [1.29, 1.82) is 0 Å². The Morgan fingerprint density at radius 2 is 2.12 bits per heavy atom. The average Bonchev–Trinajstić information content (AvgIpc) is 3.36. The fourth-order valence-electron chi connectivity index (χ4n) is 3.35. The SMILES string of the molecule is CCCCCCC#Cc1cncc(-c2nnc(SCc3ccc([N+](=O)[O-])o3)n2C2CC2)c1. The number of unbranched alkanes of at least 4 members (excludes halogenated alkanes) is 4. The maximum atomic E-state index is 10.8. The van der Waals surface area contributed by atoms with Crippen LogP contribution in [-0.4, -0.2) is 24.7 Å². The highest BCUT2D eigenvalue weighted by atomic mass is 32.2. The van der Waals surface area contributed by atoms with Crippen molar-refractivity contribution in [3.8, 4) is 23.2 Å². The van der Waals surface area contributed by atoms with E-state index >= 15 is 0 Å². The predicted octanol–water partition coefficient (Wildman–Crippen LogP) is 5.79. The van der Waals surface area contributed by atoms with E-state index in [0.717, 1.165) is 47.8 Å². The number of hydrogen-bond acceptors (Lipinski definition) is 7. The van der Waals surface area contributed by atoms with Crippen LogP contribution in [0.4, 0.5) is 5.88 Å². The Hall–Kier alpha value is -3.12. The van der Waals surface area contributed by atoms with Crippen LogP contribution in [0.25, 0.3) is 11.4 Å². The van der Waals surface area contributed by atoms with Crippen molar-refractivity contribution in [3.63, 3.8) is 0 Å². The van der Waals surface area contributed by atoms with Gasteiger partial charge in [0.05, 0.1) is 11.8 Å². The van der Waals surface area contributed by atoms with E-state index in [2.05, 4.69) is 38.5 Å². The molecule has 0 spiro atoms. The van der Waals surface area contributed by atoms with Crippen LogP contribution >= 0.6 is 11.8 Å². The number of hydrogen-bond donors (Lipinski definition) is 0. The number of thioether (sulfide) groups is 1. The molecule has 32 heavy (non-hydrogen) atoms. The van der Waals surface area contributed by atoms with Crippen LogP contribution in [0.15, 0.2) is 40.2 Å². The lowest BCUT2D eigenvalue weighted by atomic mass is 10.1. The maximum absolute atomic E-state index is 10.8. The second kappa shape index (κ2) is 10.5. The smallest absolute Gasteiger partial charge is 0.405 e. The third-order valence-corrected chi connectivity index (χ3v) is 6.10. The topological polar surface area (TPSA) is 99.9 Å². The van der Waals surface area contributed by atoms with Crippen LogP contribution < -0.4 is 0 Å². The standard InChI is InChI=1S/C23H25N5O3S/c1-2-3-4-5-6-7-8-17-13-18(15-24-14-17)22-25-26-23(27(22)19-9-10-19)32-16-20-11-12-21(31-20)28(29)30/h11-15,19H,2-6,9-10,16H2,1H3. The molecule has 0 radical (unpaired) electrons. The summed E-state index contributed by atoms with van der Waals surface area (Å²) >= 11 is 1.46. The first-order chi connectivity index (χ1) is 15.7. The first-order valence-corrected chi connectivity index (χ1v) is 11.9. The van der Waals surface area contributed by atoms with Crippen molar-refractivity contribution in [1.82, 2.24) is 19.7 Å². The molecule has 4 rings (SSSR count). The molecule has 1 fully saturated rings. The van der Waals surface area contributed by atoms with Gasteiger partial charge in [-0.05, 0) is 31.4 Å². The van der Waals surface area contributed by atoms with Gasteiger partial charge in [-0.1, -0.05) is 49.8 Å². The Balaban J connectivity index is 1.47. The predicted molar refractivity (Wildman–Crippen MR) is 122 cm³/mol. The summed E-state index contributed by atoms with van der Waals surface area (Å²) in [6, 6.07) is 5.37. The van der Waals surface area contributed by atoms with Gasteiger partial charge in [-0.2, -0.15) is 0 Å². The number of pyridine rings is 1. The molecule has 0 N–H and O–H groups in total. The Morgan fingerprint density at radius 3 is 2.88 bits per heavy atom. The number of aromatic nitrogens is 4. The molecule has 3 heterocycles. The van der Waals surface area contributed by atoms with E-state index in [4.69, 9.17) is 4.42 Å². The molecule has 3 aromatic rings. The summed E-state index contributed by atoms with van der Waals surface area (Å²) in [7, 11) is 0. The third-order valence-electron chi connectivity index (χ3n) is 5.13. The first-order valence-electron chi connectivity index (χ1n) is 10.9. The van der Waals surface area contributed by atoms with Crippen LogP contribution in [0.3, 0.4) is 0 Å². The second-order valence-electron chi connectivity index (χ2n) is 7.77. The Morgan fingerprint density at radius 1 is 1.25 bits per heavy atom. The van der Waals surface area contributed by atoms with Crippen molar-refractivity contribution < 1.29 is 9.34 Å². The molecule has 0 aliphatic heterocycles. The molecule has 166 valence electrons. The van der Waals surface area contributed by atoms with Gasteiger partial charge in [0, 0.05) is 36.0 Å². The van der Waals surface area contributed by atoms with Crippen molar-refractivity contribution in [3.05, 3.63) is 52.0 Å². The molecule has 9 heteroatoms. The number of nitro groups is 1. The van der Waals surface area contributed by atoms with Gasteiger partial charge >= 0.3 is 5.88 Å². The van der Waals surface area contributed by atoms with Crippen LogP contribution in [-0.2, 0) is 5.75 Å². The Bertz CT molecular complexity index is 1140. The minimum atomic E-state index is -0.535. The van der Waals surface area contributed by atoms with Gasteiger partial charge in [-0.15, -0.1) is 10.2 Å². The lowest BCUT2D eigenvalue weighted by molar-refractivity contribution is -0.402. The summed E-state index contributed by atoms with van der Waals surface area (Å²) in [6.45, 7) is 2.20. The summed E-state index contributed by atoms with van der Waals surface area (Å²) in [5.41, 5.74) is 1.77. The van der Waals surface area contributed by atoms with E-state index in [0.29, 0.717) is 17.6 Å². The highest BCUT2D eigenvalue weighted by molar-refractivity contribution is 7.98. The van der Waals surface area contributed by atoms with E-state index in [1.54, 1.807) is 18.5 Å². The molecule has 8 nitrogen and oxygen atoms in total. The summed E-state index contributed by atoms with van der Waals surface area (Å²) in [6.07, 6.45) is 11.5. The second-order valence-corrected chi connectivity index (χ2v) is 8.71. The lowest BCUT2D eigenvalue weighted by Gasteiger charge is -2.08.